The number of rotatable bonds is 4. The maximum absolute atomic E-state index is 10.6. The van der Waals surface area contributed by atoms with Crippen LogP contribution in [0.25, 0.3) is 0 Å². The Morgan fingerprint density at radius 3 is 2.46 bits per heavy atom. The molecule has 3 rings (SSSR count). The van der Waals surface area contributed by atoms with Crippen molar-refractivity contribution in [2.24, 2.45) is 10.8 Å². The average Bonchev–Trinajstić information content (AvgIpc) is 1.79. The SMILES string of the molecule is O=C(O)C12CC(CO[N+](=O)[O-])(C1)C2. The van der Waals surface area contributed by atoms with Crippen LogP contribution >= 0.6 is 0 Å². The first kappa shape index (κ1) is 8.28. The molecule has 2 bridgehead atoms. The third-order valence-electron chi connectivity index (χ3n) is 3.07. The summed E-state index contributed by atoms with van der Waals surface area (Å²) < 4.78 is 0. The molecule has 6 heteroatoms. The van der Waals surface area contributed by atoms with E-state index in [2.05, 4.69) is 4.84 Å². The summed E-state index contributed by atoms with van der Waals surface area (Å²) in [5, 5.41) is 17.8. The molecule has 1 N–H and O–H groups in total. The van der Waals surface area contributed by atoms with Crippen molar-refractivity contribution >= 4 is 5.97 Å². The summed E-state index contributed by atoms with van der Waals surface area (Å²) in [7, 11) is 0. The molecule has 0 heterocycles. The van der Waals surface area contributed by atoms with Gasteiger partial charge in [0.25, 0.3) is 5.09 Å². The monoisotopic (exact) mass is 187 g/mol. The minimum atomic E-state index is -0.826. The van der Waals surface area contributed by atoms with E-state index in [1.54, 1.807) is 0 Å². The highest BCUT2D eigenvalue weighted by molar-refractivity contribution is 5.79. The van der Waals surface area contributed by atoms with Crippen LogP contribution in [0, 0.1) is 20.9 Å². The number of carboxylic acids is 1. The lowest BCUT2D eigenvalue weighted by Crippen LogP contribution is -2.67. The molecule has 0 aromatic heterocycles. The molecular formula is C7H9NO5. The topological polar surface area (TPSA) is 89.7 Å². The second-order valence-corrected chi connectivity index (χ2v) is 4.11. The van der Waals surface area contributed by atoms with E-state index in [0.717, 1.165) is 0 Å². The van der Waals surface area contributed by atoms with Gasteiger partial charge in [0.1, 0.15) is 6.61 Å². The van der Waals surface area contributed by atoms with Crippen LogP contribution in [0.2, 0.25) is 0 Å². The minimum absolute atomic E-state index is 0.0506. The molecule has 0 aromatic carbocycles. The van der Waals surface area contributed by atoms with Gasteiger partial charge in [0, 0.05) is 0 Å². The highest BCUT2D eigenvalue weighted by Crippen LogP contribution is 2.73. The van der Waals surface area contributed by atoms with Crippen molar-refractivity contribution in [3.05, 3.63) is 10.1 Å². The molecule has 3 fully saturated rings. The van der Waals surface area contributed by atoms with Gasteiger partial charge in [-0.3, -0.25) is 4.79 Å². The van der Waals surface area contributed by atoms with Crippen LogP contribution < -0.4 is 0 Å². The molecule has 0 radical (unpaired) electrons. The largest absolute Gasteiger partial charge is 0.481 e. The molecular weight excluding hydrogens is 178 g/mol. The molecule has 72 valence electrons. The maximum atomic E-state index is 10.6. The van der Waals surface area contributed by atoms with Gasteiger partial charge in [-0.15, -0.1) is 10.1 Å². The number of aliphatic carboxylic acids is 1. The Bertz CT molecular complexity index is 261. The molecule has 13 heavy (non-hydrogen) atoms. The van der Waals surface area contributed by atoms with Crippen LogP contribution in [0.4, 0.5) is 0 Å². The Morgan fingerprint density at radius 2 is 2.08 bits per heavy atom. The zero-order chi connectivity index (χ0) is 9.69. The number of carboxylic acid groups (broad SMARTS) is 1. The second kappa shape index (κ2) is 2.12. The normalized spacial score (nSPS) is 40.0. The van der Waals surface area contributed by atoms with E-state index in [1.807, 2.05) is 0 Å². The zero-order valence-corrected chi connectivity index (χ0v) is 6.86. The molecule has 0 aliphatic heterocycles. The molecule has 0 saturated heterocycles. The summed E-state index contributed by atoms with van der Waals surface area (Å²) >= 11 is 0. The molecule has 0 spiro atoms. The molecule has 3 aliphatic rings. The number of nitrogens with zero attached hydrogens (tertiary/aromatic N) is 1. The predicted molar refractivity (Wildman–Crippen MR) is 39.3 cm³/mol. The highest BCUT2D eigenvalue weighted by Gasteiger charge is 2.72. The lowest BCUT2D eigenvalue weighted by atomic mass is 9.35. The molecule has 0 aromatic rings. The molecule has 6 nitrogen and oxygen atoms in total. The number of hydrogen-bond donors (Lipinski definition) is 1. The minimum Gasteiger partial charge on any atom is -0.481 e. The third-order valence-corrected chi connectivity index (χ3v) is 3.07. The first-order valence-electron chi connectivity index (χ1n) is 3.99. The van der Waals surface area contributed by atoms with Crippen LogP contribution in [0.5, 0.6) is 0 Å². The second-order valence-electron chi connectivity index (χ2n) is 4.11. The fourth-order valence-corrected chi connectivity index (χ4v) is 2.57. The van der Waals surface area contributed by atoms with Crippen molar-refractivity contribution in [3.63, 3.8) is 0 Å². The quantitative estimate of drug-likeness (QED) is 0.509. The molecule has 3 aliphatic carbocycles. The average molecular weight is 187 g/mol. The van der Waals surface area contributed by atoms with E-state index < -0.39 is 16.5 Å². The summed E-state index contributed by atoms with van der Waals surface area (Å²) in [6.07, 6.45) is 1.59. The Balaban J connectivity index is 1.83. The van der Waals surface area contributed by atoms with E-state index in [9.17, 15) is 14.9 Å². The van der Waals surface area contributed by atoms with Crippen LogP contribution in [-0.2, 0) is 9.63 Å². The van der Waals surface area contributed by atoms with E-state index in [0.29, 0.717) is 19.3 Å². The first-order chi connectivity index (χ1) is 5.98. The first-order valence-corrected chi connectivity index (χ1v) is 3.99. The highest BCUT2D eigenvalue weighted by atomic mass is 16.9. The van der Waals surface area contributed by atoms with E-state index in [1.165, 1.54) is 0 Å². The van der Waals surface area contributed by atoms with Crippen molar-refractivity contribution in [1.29, 1.82) is 0 Å². The van der Waals surface area contributed by atoms with Crippen molar-refractivity contribution in [1.82, 2.24) is 0 Å². The van der Waals surface area contributed by atoms with E-state index >= 15 is 0 Å². The van der Waals surface area contributed by atoms with E-state index in [-0.39, 0.29) is 12.0 Å². The molecule has 3 saturated carbocycles. The van der Waals surface area contributed by atoms with Gasteiger partial charge < -0.3 is 9.94 Å². The van der Waals surface area contributed by atoms with Gasteiger partial charge in [-0.2, -0.15) is 0 Å². The fraction of sp³-hybridized carbons (Fsp3) is 0.857. The van der Waals surface area contributed by atoms with Crippen LogP contribution in [0.3, 0.4) is 0 Å². The smallest absolute Gasteiger partial charge is 0.309 e. The van der Waals surface area contributed by atoms with Crippen molar-refractivity contribution in [2.75, 3.05) is 6.61 Å². The lowest BCUT2D eigenvalue weighted by molar-refractivity contribution is -0.763. The molecule has 0 unspecified atom stereocenters. The third kappa shape index (κ3) is 0.976. The number of hydrogen-bond acceptors (Lipinski definition) is 4. The van der Waals surface area contributed by atoms with Gasteiger partial charge in [0.15, 0.2) is 0 Å². The summed E-state index contributed by atoms with van der Waals surface area (Å²) in [6, 6.07) is 0. The summed E-state index contributed by atoms with van der Waals surface area (Å²) in [4.78, 5) is 24.8. The summed E-state index contributed by atoms with van der Waals surface area (Å²) in [6.45, 7) is 0.0506. The van der Waals surface area contributed by atoms with Gasteiger partial charge in [-0.25, -0.2) is 0 Å². The lowest BCUT2D eigenvalue weighted by Gasteiger charge is -2.67. The Kier molecular flexibility index (Phi) is 1.35. The fourth-order valence-electron chi connectivity index (χ4n) is 2.57. The van der Waals surface area contributed by atoms with E-state index in [4.69, 9.17) is 5.11 Å². The standard InChI is InChI=1S/C7H9NO5/c9-5(10)7-1-6(2-7,3-7)4-13-8(11)12/h1-4H2,(H,9,10). The van der Waals surface area contributed by atoms with Gasteiger partial charge >= 0.3 is 5.97 Å². The summed E-state index contributed by atoms with van der Waals surface area (Å²) in [5.41, 5.74) is -0.772. The van der Waals surface area contributed by atoms with Crippen LogP contribution in [0.15, 0.2) is 0 Å². The van der Waals surface area contributed by atoms with Gasteiger partial charge in [-0.1, -0.05) is 0 Å². The molecule has 0 atom stereocenters. The Morgan fingerprint density at radius 1 is 1.54 bits per heavy atom. The Hall–Kier alpha value is -1.33. The number of carbonyl (C=O) groups is 1. The van der Waals surface area contributed by atoms with Crippen molar-refractivity contribution < 1.29 is 19.8 Å². The Labute approximate surface area is 73.6 Å². The molecule has 0 amide bonds. The van der Waals surface area contributed by atoms with Gasteiger partial charge in [0.05, 0.1) is 5.41 Å². The van der Waals surface area contributed by atoms with Gasteiger partial charge in [-0.05, 0) is 24.7 Å². The predicted octanol–water partition coefficient (Wildman–Crippen LogP) is 0.450. The maximum Gasteiger partial charge on any atom is 0.309 e. The van der Waals surface area contributed by atoms with Crippen molar-refractivity contribution in [2.45, 2.75) is 19.3 Å². The van der Waals surface area contributed by atoms with Gasteiger partial charge in [0.2, 0.25) is 0 Å². The van der Waals surface area contributed by atoms with Crippen molar-refractivity contribution in [3.8, 4) is 0 Å². The van der Waals surface area contributed by atoms with Crippen LogP contribution in [-0.4, -0.2) is 22.8 Å². The summed E-state index contributed by atoms with van der Waals surface area (Å²) in [5.74, 6) is -0.782. The van der Waals surface area contributed by atoms with Crippen LogP contribution in [0.1, 0.15) is 19.3 Å². The zero-order valence-electron chi connectivity index (χ0n) is 6.86.